The minimum atomic E-state index is 0.0549. The number of piperazine rings is 1. The number of rotatable bonds is 3. The fraction of sp³-hybridized carbons (Fsp3) is 0.615. The first-order valence-electron chi connectivity index (χ1n) is 6.42. The first kappa shape index (κ1) is 12.8. The Labute approximate surface area is 108 Å². The molecule has 1 aliphatic heterocycles. The Hall–Kier alpha value is -1.67. The van der Waals surface area contributed by atoms with Crippen LogP contribution in [-0.4, -0.2) is 47.1 Å². The van der Waals surface area contributed by atoms with E-state index in [1.54, 1.807) is 6.33 Å². The zero-order valence-corrected chi connectivity index (χ0v) is 11.0. The summed E-state index contributed by atoms with van der Waals surface area (Å²) in [5, 5.41) is 9.07. The van der Waals surface area contributed by atoms with Crippen LogP contribution in [0.2, 0.25) is 0 Å². The topological polar surface area (TPSA) is 56.1 Å². The minimum Gasteiger partial charge on any atom is -0.354 e. The SMILES string of the molecule is CCC(C#N)N1CCN(c2cc(C)ncn2)CC1. The molecule has 1 saturated heterocycles. The van der Waals surface area contributed by atoms with Crippen LogP contribution >= 0.6 is 0 Å². The molecule has 5 heteroatoms. The van der Waals surface area contributed by atoms with Gasteiger partial charge in [0.15, 0.2) is 0 Å². The molecule has 1 unspecified atom stereocenters. The van der Waals surface area contributed by atoms with Crippen LogP contribution in [0.25, 0.3) is 0 Å². The van der Waals surface area contributed by atoms with Crippen molar-refractivity contribution in [1.29, 1.82) is 5.26 Å². The van der Waals surface area contributed by atoms with Gasteiger partial charge in [0.1, 0.15) is 12.1 Å². The quantitative estimate of drug-likeness (QED) is 0.801. The Morgan fingerprint density at radius 1 is 1.33 bits per heavy atom. The molecule has 0 bridgehead atoms. The van der Waals surface area contributed by atoms with Gasteiger partial charge in [-0.1, -0.05) is 6.92 Å². The van der Waals surface area contributed by atoms with Crippen molar-refractivity contribution in [2.75, 3.05) is 31.1 Å². The molecule has 0 aromatic carbocycles. The highest BCUT2D eigenvalue weighted by atomic mass is 15.3. The second-order valence-corrected chi connectivity index (χ2v) is 4.59. The fourth-order valence-electron chi connectivity index (χ4n) is 2.31. The predicted octanol–water partition coefficient (Wildman–Crippen LogP) is 1.21. The highest BCUT2D eigenvalue weighted by Gasteiger charge is 2.23. The summed E-state index contributed by atoms with van der Waals surface area (Å²) in [4.78, 5) is 12.9. The second kappa shape index (κ2) is 5.78. The van der Waals surface area contributed by atoms with Gasteiger partial charge < -0.3 is 4.90 Å². The smallest absolute Gasteiger partial charge is 0.132 e. The lowest BCUT2D eigenvalue weighted by molar-refractivity contribution is 0.216. The second-order valence-electron chi connectivity index (χ2n) is 4.59. The summed E-state index contributed by atoms with van der Waals surface area (Å²) >= 11 is 0. The van der Waals surface area contributed by atoms with Gasteiger partial charge in [-0.2, -0.15) is 5.26 Å². The third-order valence-electron chi connectivity index (χ3n) is 3.40. The van der Waals surface area contributed by atoms with Crippen molar-refractivity contribution in [3.63, 3.8) is 0 Å². The average molecular weight is 245 g/mol. The van der Waals surface area contributed by atoms with Crippen molar-refractivity contribution < 1.29 is 0 Å². The van der Waals surface area contributed by atoms with Crippen molar-refractivity contribution in [3.05, 3.63) is 18.1 Å². The maximum Gasteiger partial charge on any atom is 0.132 e. The van der Waals surface area contributed by atoms with Crippen LogP contribution in [-0.2, 0) is 0 Å². The normalized spacial score (nSPS) is 18.4. The molecule has 1 aromatic rings. The van der Waals surface area contributed by atoms with E-state index in [9.17, 15) is 0 Å². The van der Waals surface area contributed by atoms with E-state index in [1.165, 1.54) is 0 Å². The number of nitrogens with zero attached hydrogens (tertiary/aromatic N) is 5. The summed E-state index contributed by atoms with van der Waals surface area (Å²) in [7, 11) is 0. The standard InChI is InChI=1S/C13H19N5/c1-3-12(9-14)17-4-6-18(7-5-17)13-8-11(2)15-10-16-13/h8,10,12H,3-7H2,1-2H3. The van der Waals surface area contributed by atoms with Crippen LogP contribution < -0.4 is 4.90 Å². The lowest BCUT2D eigenvalue weighted by atomic mass is 10.2. The van der Waals surface area contributed by atoms with Crippen molar-refractivity contribution in [1.82, 2.24) is 14.9 Å². The van der Waals surface area contributed by atoms with Crippen molar-refractivity contribution >= 4 is 5.82 Å². The Morgan fingerprint density at radius 2 is 2.06 bits per heavy atom. The highest BCUT2D eigenvalue weighted by Crippen LogP contribution is 2.15. The lowest BCUT2D eigenvalue weighted by Gasteiger charge is -2.37. The largest absolute Gasteiger partial charge is 0.354 e. The first-order valence-corrected chi connectivity index (χ1v) is 6.42. The molecule has 0 radical (unpaired) electrons. The number of aromatic nitrogens is 2. The van der Waals surface area contributed by atoms with Crippen molar-refractivity contribution in [3.8, 4) is 6.07 Å². The van der Waals surface area contributed by atoms with Gasteiger partial charge in [0, 0.05) is 37.9 Å². The number of hydrogen-bond donors (Lipinski definition) is 0. The van der Waals surface area contributed by atoms with Crippen molar-refractivity contribution in [2.45, 2.75) is 26.3 Å². The number of anilines is 1. The van der Waals surface area contributed by atoms with E-state index in [0.717, 1.165) is 44.1 Å². The van der Waals surface area contributed by atoms with Crippen LogP contribution in [0.4, 0.5) is 5.82 Å². The van der Waals surface area contributed by atoms with E-state index in [0.29, 0.717) is 0 Å². The number of hydrogen-bond acceptors (Lipinski definition) is 5. The summed E-state index contributed by atoms with van der Waals surface area (Å²) in [6.45, 7) is 7.74. The van der Waals surface area contributed by atoms with Crippen molar-refractivity contribution in [2.24, 2.45) is 0 Å². The molecular weight excluding hydrogens is 226 g/mol. The maximum atomic E-state index is 9.07. The highest BCUT2D eigenvalue weighted by molar-refractivity contribution is 5.39. The van der Waals surface area contributed by atoms with Crippen LogP contribution in [0.1, 0.15) is 19.0 Å². The molecule has 1 atom stereocenters. The summed E-state index contributed by atoms with van der Waals surface area (Å²) < 4.78 is 0. The van der Waals surface area contributed by atoms with Crippen LogP contribution in [0.15, 0.2) is 12.4 Å². The Bertz CT molecular complexity index is 431. The van der Waals surface area contributed by atoms with E-state index in [2.05, 4.69) is 32.8 Å². The Morgan fingerprint density at radius 3 is 2.61 bits per heavy atom. The van der Waals surface area contributed by atoms with Gasteiger partial charge in [-0.05, 0) is 13.3 Å². The molecule has 2 rings (SSSR count). The number of aryl methyl sites for hydroxylation is 1. The van der Waals surface area contributed by atoms with Crippen LogP contribution in [0, 0.1) is 18.3 Å². The monoisotopic (exact) mass is 245 g/mol. The maximum absolute atomic E-state index is 9.07. The summed E-state index contributed by atoms with van der Waals surface area (Å²) in [5.74, 6) is 0.993. The Kier molecular flexibility index (Phi) is 4.11. The summed E-state index contributed by atoms with van der Waals surface area (Å²) in [5.41, 5.74) is 0.992. The van der Waals surface area contributed by atoms with Gasteiger partial charge in [0.05, 0.1) is 12.1 Å². The minimum absolute atomic E-state index is 0.0549. The van der Waals surface area contributed by atoms with Gasteiger partial charge >= 0.3 is 0 Å². The zero-order valence-electron chi connectivity index (χ0n) is 11.0. The summed E-state index contributed by atoms with van der Waals surface area (Å²) in [6.07, 6.45) is 2.50. The fourth-order valence-corrected chi connectivity index (χ4v) is 2.31. The van der Waals surface area contributed by atoms with E-state index < -0.39 is 0 Å². The molecule has 1 aliphatic rings. The first-order chi connectivity index (χ1) is 8.74. The molecule has 18 heavy (non-hydrogen) atoms. The molecule has 1 aromatic heterocycles. The zero-order chi connectivity index (χ0) is 13.0. The molecule has 1 fully saturated rings. The third-order valence-corrected chi connectivity index (χ3v) is 3.40. The molecule has 0 N–H and O–H groups in total. The van der Waals surface area contributed by atoms with Gasteiger partial charge in [-0.15, -0.1) is 0 Å². The average Bonchev–Trinajstić information content (AvgIpc) is 2.41. The Balaban J connectivity index is 1.97. The van der Waals surface area contributed by atoms with E-state index in [1.807, 2.05) is 13.0 Å². The molecule has 0 spiro atoms. The molecule has 0 saturated carbocycles. The van der Waals surface area contributed by atoms with Crippen LogP contribution in [0.3, 0.4) is 0 Å². The van der Waals surface area contributed by atoms with Gasteiger partial charge in [-0.25, -0.2) is 9.97 Å². The molecule has 0 aliphatic carbocycles. The summed E-state index contributed by atoms with van der Waals surface area (Å²) in [6, 6.07) is 4.43. The lowest BCUT2D eigenvalue weighted by Crippen LogP contribution is -2.50. The molecule has 0 amide bonds. The van der Waals surface area contributed by atoms with E-state index in [-0.39, 0.29) is 6.04 Å². The van der Waals surface area contributed by atoms with E-state index >= 15 is 0 Å². The molecule has 5 nitrogen and oxygen atoms in total. The van der Waals surface area contributed by atoms with Gasteiger partial charge in [0.2, 0.25) is 0 Å². The van der Waals surface area contributed by atoms with Crippen LogP contribution in [0.5, 0.6) is 0 Å². The van der Waals surface area contributed by atoms with E-state index in [4.69, 9.17) is 5.26 Å². The molecule has 2 heterocycles. The molecule has 96 valence electrons. The predicted molar refractivity (Wildman–Crippen MR) is 70.2 cm³/mol. The third kappa shape index (κ3) is 2.77. The van der Waals surface area contributed by atoms with Gasteiger partial charge in [-0.3, -0.25) is 4.90 Å². The van der Waals surface area contributed by atoms with Gasteiger partial charge in [0.25, 0.3) is 0 Å². The molecular formula is C13H19N5. The number of nitriles is 1.